The van der Waals surface area contributed by atoms with Gasteiger partial charge in [-0.2, -0.15) is 0 Å². The first kappa shape index (κ1) is 21.1. The minimum absolute atomic E-state index is 1.27. The van der Waals surface area contributed by atoms with E-state index in [9.17, 15) is 0 Å². The number of rotatable bonds is 10. The summed E-state index contributed by atoms with van der Waals surface area (Å²) in [5, 5.41) is 2.15. The van der Waals surface area contributed by atoms with Gasteiger partial charge in [0.15, 0.2) is 0 Å². The van der Waals surface area contributed by atoms with Gasteiger partial charge in [0.1, 0.15) is 0 Å². The topological polar surface area (TPSA) is 0 Å². The van der Waals surface area contributed by atoms with E-state index in [0.29, 0.717) is 0 Å². The zero-order chi connectivity index (χ0) is 18.0. The molecule has 0 saturated carbocycles. The fourth-order valence-electron chi connectivity index (χ4n) is 3.26. The molecule has 0 nitrogen and oxygen atoms in total. The summed E-state index contributed by atoms with van der Waals surface area (Å²) in [7, 11) is 0. The molecule has 0 saturated heterocycles. The Kier molecular flexibility index (Phi) is 9.66. The molecule has 2 rings (SSSR count). The Morgan fingerprint density at radius 2 is 1.48 bits per heavy atom. The van der Waals surface area contributed by atoms with Crippen LogP contribution in [0.25, 0.3) is 9.75 Å². The quantitative estimate of drug-likeness (QED) is 0.238. The third-order valence-electron chi connectivity index (χ3n) is 4.85. The van der Waals surface area contributed by atoms with E-state index < -0.39 is 18.4 Å². The van der Waals surface area contributed by atoms with Gasteiger partial charge in [0.25, 0.3) is 0 Å². The second-order valence-electron chi connectivity index (χ2n) is 6.98. The second kappa shape index (κ2) is 11.5. The third-order valence-corrected chi connectivity index (χ3v) is 20.0. The Morgan fingerprint density at radius 1 is 0.840 bits per heavy atom. The molecule has 0 radical (unpaired) electrons. The monoisotopic (exact) mass is 480 g/mol. The molecule has 0 aliphatic carbocycles. The zero-order valence-electron chi connectivity index (χ0n) is 16.1. The van der Waals surface area contributed by atoms with Crippen LogP contribution in [0.4, 0.5) is 0 Å². The van der Waals surface area contributed by atoms with Gasteiger partial charge in [-0.25, -0.2) is 0 Å². The van der Waals surface area contributed by atoms with E-state index in [1.54, 1.807) is 0 Å². The van der Waals surface area contributed by atoms with Gasteiger partial charge in [-0.05, 0) is 0 Å². The van der Waals surface area contributed by atoms with E-state index in [1.165, 1.54) is 66.5 Å². The fraction of sp³-hybridized carbons (Fsp3) is 0.545. The molecule has 2 aromatic heterocycles. The molecule has 0 atom stereocenters. The van der Waals surface area contributed by atoms with Crippen molar-refractivity contribution in [3.05, 3.63) is 34.5 Å². The standard InChI is InChI=1S/C10H5S2.3C4H9.Sn/c1-2-8-5-6-10(12-8)9-4-3-7-11-9;3*1-3-4-2;/h3-7H;3*1,3-4H2,2H3;. The van der Waals surface area contributed by atoms with Crippen LogP contribution in [0.5, 0.6) is 0 Å². The minimum atomic E-state index is -2.31. The number of thiophene rings is 2. The summed E-state index contributed by atoms with van der Waals surface area (Å²) >= 11 is 1.38. The Balaban J connectivity index is 2.20. The molecule has 0 unspecified atom stereocenters. The van der Waals surface area contributed by atoms with Gasteiger partial charge in [-0.15, -0.1) is 0 Å². The SMILES string of the molecule is CCC[CH2][Sn]([C]#Cc1ccc(-c2cccs2)s1)([CH2]CCC)[CH2]CCC. The average molecular weight is 479 g/mol. The summed E-state index contributed by atoms with van der Waals surface area (Å²) in [6, 6.07) is 8.83. The van der Waals surface area contributed by atoms with E-state index in [4.69, 9.17) is 0 Å². The van der Waals surface area contributed by atoms with Crippen LogP contribution in [0.15, 0.2) is 29.6 Å². The van der Waals surface area contributed by atoms with Crippen molar-refractivity contribution in [1.82, 2.24) is 0 Å². The Hall–Kier alpha value is -0.241. The normalized spacial score (nSPS) is 11.3. The molecule has 0 fully saturated rings. The molecule has 0 aliphatic heterocycles. The van der Waals surface area contributed by atoms with Crippen LogP contribution in [0.1, 0.15) is 64.2 Å². The molecule has 3 heteroatoms. The summed E-state index contributed by atoms with van der Waals surface area (Å²) in [5.41, 5.74) is 0. The summed E-state index contributed by atoms with van der Waals surface area (Å²) in [6.45, 7) is 6.99. The van der Waals surface area contributed by atoms with Crippen LogP contribution in [0.2, 0.25) is 13.3 Å². The van der Waals surface area contributed by atoms with Gasteiger partial charge in [0.05, 0.1) is 0 Å². The van der Waals surface area contributed by atoms with Crippen LogP contribution in [-0.2, 0) is 0 Å². The molecule has 0 aliphatic rings. The molecule has 2 heterocycles. The Morgan fingerprint density at radius 3 is 2.00 bits per heavy atom. The van der Waals surface area contributed by atoms with Gasteiger partial charge in [-0.1, -0.05) is 0 Å². The molecule has 2 aromatic rings. The van der Waals surface area contributed by atoms with E-state index in [0.717, 1.165) is 0 Å². The molecular formula is C22H32S2Sn. The maximum atomic E-state index is 3.99. The van der Waals surface area contributed by atoms with E-state index in [2.05, 4.69) is 60.3 Å². The van der Waals surface area contributed by atoms with Crippen molar-refractivity contribution in [1.29, 1.82) is 0 Å². The average Bonchev–Trinajstić information content (AvgIpc) is 3.32. The van der Waals surface area contributed by atoms with Crippen LogP contribution in [0.3, 0.4) is 0 Å². The maximum absolute atomic E-state index is 3.99. The van der Waals surface area contributed by atoms with Gasteiger partial charge in [0.2, 0.25) is 0 Å². The number of hydrogen-bond acceptors (Lipinski definition) is 2. The first-order valence-electron chi connectivity index (χ1n) is 9.90. The molecule has 0 amide bonds. The second-order valence-corrected chi connectivity index (χ2v) is 21.3. The van der Waals surface area contributed by atoms with Crippen LogP contribution in [-0.4, -0.2) is 18.4 Å². The summed E-state index contributed by atoms with van der Waals surface area (Å²) in [5.74, 6) is 3.66. The number of unbranched alkanes of at least 4 members (excludes halogenated alkanes) is 3. The van der Waals surface area contributed by atoms with Crippen molar-refractivity contribution in [2.24, 2.45) is 0 Å². The van der Waals surface area contributed by atoms with Gasteiger partial charge < -0.3 is 0 Å². The van der Waals surface area contributed by atoms with Gasteiger partial charge in [-0.3, -0.25) is 0 Å². The van der Waals surface area contributed by atoms with Gasteiger partial charge >= 0.3 is 168 Å². The molecule has 0 bridgehead atoms. The fourth-order valence-corrected chi connectivity index (χ4v) is 18.4. The van der Waals surface area contributed by atoms with Crippen molar-refractivity contribution in [2.45, 2.75) is 72.6 Å². The predicted molar refractivity (Wildman–Crippen MR) is 119 cm³/mol. The van der Waals surface area contributed by atoms with Crippen molar-refractivity contribution in [3.63, 3.8) is 0 Å². The van der Waals surface area contributed by atoms with Crippen LogP contribution in [0, 0.1) is 9.86 Å². The van der Waals surface area contributed by atoms with Crippen molar-refractivity contribution >= 4 is 41.1 Å². The Labute approximate surface area is 166 Å². The number of hydrogen-bond donors (Lipinski definition) is 0. The van der Waals surface area contributed by atoms with Crippen LogP contribution < -0.4 is 0 Å². The van der Waals surface area contributed by atoms with E-state index in [1.807, 2.05) is 22.7 Å². The van der Waals surface area contributed by atoms with Crippen molar-refractivity contribution in [3.8, 4) is 19.6 Å². The Bertz CT molecular complexity index is 636. The first-order chi connectivity index (χ1) is 12.2. The van der Waals surface area contributed by atoms with E-state index >= 15 is 0 Å². The first-order valence-corrected chi connectivity index (χ1v) is 19.1. The zero-order valence-corrected chi connectivity index (χ0v) is 20.6. The summed E-state index contributed by atoms with van der Waals surface area (Å²) < 4.78 is 8.41. The summed E-state index contributed by atoms with van der Waals surface area (Å²) in [6.07, 6.45) is 8.13. The molecular weight excluding hydrogens is 447 g/mol. The molecule has 136 valence electrons. The van der Waals surface area contributed by atoms with E-state index in [-0.39, 0.29) is 0 Å². The molecule has 25 heavy (non-hydrogen) atoms. The van der Waals surface area contributed by atoms with Crippen LogP contribution >= 0.6 is 22.7 Å². The summed E-state index contributed by atoms with van der Waals surface area (Å²) in [4.78, 5) is 4.01. The van der Waals surface area contributed by atoms with Crippen molar-refractivity contribution in [2.75, 3.05) is 0 Å². The molecule has 0 spiro atoms. The van der Waals surface area contributed by atoms with Crippen molar-refractivity contribution < 1.29 is 0 Å². The molecule has 0 aromatic carbocycles. The van der Waals surface area contributed by atoms with Gasteiger partial charge in [0, 0.05) is 0 Å². The third kappa shape index (κ3) is 6.77. The predicted octanol–water partition coefficient (Wildman–Crippen LogP) is 8.22. The molecule has 0 N–H and O–H groups in total.